The van der Waals surface area contributed by atoms with Crippen molar-refractivity contribution >= 4 is 34.1 Å². The quantitative estimate of drug-likeness (QED) is 0.0673. The molecule has 2 heterocycles. The maximum atomic E-state index is 11.2. The number of benzene rings is 2. The van der Waals surface area contributed by atoms with Gasteiger partial charge in [0.15, 0.2) is 12.7 Å². The van der Waals surface area contributed by atoms with Gasteiger partial charge in [-0.3, -0.25) is 60.7 Å². The Kier molecular flexibility index (Phi) is 14.1. The molecule has 0 fully saturated rings. The number of nitrogens with two attached hydrogens (primary N) is 2. The van der Waals surface area contributed by atoms with Crippen molar-refractivity contribution in [1.29, 1.82) is 0 Å². The van der Waals surface area contributed by atoms with Crippen LogP contribution < -0.4 is 21.9 Å². The van der Waals surface area contributed by atoms with Crippen molar-refractivity contribution in [2.24, 2.45) is 0 Å². The number of hydrogen-bond acceptors (Lipinski definition) is 24. The van der Waals surface area contributed by atoms with Gasteiger partial charge in [-0.2, -0.15) is 0 Å². The van der Waals surface area contributed by atoms with Crippen molar-refractivity contribution in [2.75, 3.05) is 11.7 Å². The maximum Gasteiger partial charge on any atom is 2.00 e. The molecule has 0 amide bonds. The average Bonchev–Trinajstić information content (AvgIpc) is 3.62. The third-order valence-corrected chi connectivity index (χ3v) is 4.26. The molecule has 0 saturated carbocycles. The monoisotopic (exact) mass is 721 g/mol. The van der Waals surface area contributed by atoms with Crippen LogP contribution in [0.5, 0.6) is 23.0 Å². The van der Waals surface area contributed by atoms with Crippen LogP contribution in [0.2, 0.25) is 0 Å². The van der Waals surface area contributed by atoms with Gasteiger partial charge in [0.1, 0.15) is 0 Å². The van der Waals surface area contributed by atoms with Gasteiger partial charge in [0.25, 0.3) is 22.9 Å². The van der Waals surface area contributed by atoms with Crippen LogP contribution in [0.15, 0.2) is 24.8 Å². The molecule has 253 valence electrons. The van der Waals surface area contributed by atoms with Gasteiger partial charge in [0.05, 0.1) is 53.2 Å². The van der Waals surface area contributed by atoms with Crippen LogP contribution in [0.4, 0.5) is 34.1 Å². The number of nitrogens with zero attached hydrogens (tertiary/aromatic N) is 14. The van der Waals surface area contributed by atoms with E-state index in [4.69, 9.17) is 21.9 Å². The first-order valence-electron chi connectivity index (χ1n) is 10.3. The Labute approximate surface area is 262 Å². The van der Waals surface area contributed by atoms with Crippen molar-refractivity contribution < 1.29 is 67.0 Å². The predicted molar refractivity (Wildman–Crippen MR) is 131 cm³/mol. The Bertz CT molecular complexity index is 1580. The molecule has 0 aliphatic heterocycles. The molecule has 33 heteroatoms. The minimum atomic E-state index is -1.69. The second kappa shape index (κ2) is 16.8. The number of nitro benzene ring substituents is 6. The topological polar surface area (TPSA) is 485 Å². The van der Waals surface area contributed by atoms with Gasteiger partial charge in [0, 0.05) is 0 Å². The minimum Gasteiger partial charge on any atom is -0.863 e. The van der Waals surface area contributed by atoms with Crippen LogP contribution in [-0.4, -0.2) is 80.4 Å². The second-order valence-electron chi connectivity index (χ2n) is 7.00. The summed E-state index contributed by atoms with van der Waals surface area (Å²) in [7, 11) is 0. The molecule has 0 bridgehead atoms. The van der Waals surface area contributed by atoms with Crippen LogP contribution in [0, 0.1) is 60.7 Å². The fourth-order valence-electron chi connectivity index (χ4n) is 2.45. The van der Waals surface area contributed by atoms with Crippen LogP contribution in [0.3, 0.4) is 0 Å². The smallest absolute Gasteiger partial charge is 0.863 e. The fraction of sp³-hybridized carbons (Fsp3) is 0. The van der Waals surface area contributed by atoms with E-state index in [-0.39, 0.29) is 29.2 Å². The summed E-state index contributed by atoms with van der Waals surface area (Å²) >= 11 is 0. The number of rotatable bonds is 6. The third-order valence-electron chi connectivity index (χ3n) is 4.26. The summed E-state index contributed by atoms with van der Waals surface area (Å²) in [5.74, 6) is 3.53. The molecule has 0 aliphatic carbocycles. The zero-order valence-electron chi connectivity index (χ0n) is 21.6. The number of phenols is 2. The Hall–Kier alpha value is -7.70. The SMILES string of the molecule is Nn1cnnn1.Nn1cnnn1.O=[N+]([O-])c1cc([N+](=O)[O-])c(O)c([N+](=O)[O-])c1[O-].O=[N+]([O-])c1cc([N+](=O)[O-])c(O)c([N+](=O)[O-])c1[O-].[Cu+2]. The van der Waals surface area contributed by atoms with E-state index in [0.717, 1.165) is 9.58 Å². The molecule has 0 atom stereocenters. The summed E-state index contributed by atoms with van der Waals surface area (Å²) in [5.41, 5.74) is -8.43. The molecule has 2 aromatic heterocycles. The van der Waals surface area contributed by atoms with Crippen LogP contribution in [0.1, 0.15) is 0 Å². The average molecular weight is 722 g/mol. The molecule has 0 spiro atoms. The largest absolute Gasteiger partial charge is 2.00 e. The Balaban J connectivity index is 0.000000656. The predicted octanol–water partition coefficient (Wildman–Crippen LogP) is -2.85. The van der Waals surface area contributed by atoms with E-state index in [1.807, 2.05) is 0 Å². The van der Waals surface area contributed by atoms with E-state index >= 15 is 0 Å². The zero-order chi connectivity index (χ0) is 35.5. The Morgan fingerprint density at radius 3 is 0.979 bits per heavy atom. The van der Waals surface area contributed by atoms with E-state index in [9.17, 15) is 70.9 Å². The molecule has 1 radical (unpaired) electrons. The maximum absolute atomic E-state index is 11.2. The molecular weight excluding hydrogens is 712 g/mol. The summed E-state index contributed by atoms with van der Waals surface area (Å²) in [5, 5.41) is 122. The number of tetrazole rings is 2. The Morgan fingerprint density at radius 1 is 0.553 bits per heavy atom. The van der Waals surface area contributed by atoms with Gasteiger partial charge in [-0.15, -0.1) is 19.8 Å². The second-order valence-corrected chi connectivity index (χ2v) is 7.00. The van der Waals surface area contributed by atoms with Crippen molar-refractivity contribution in [3.8, 4) is 23.0 Å². The molecule has 0 aliphatic rings. The van der Waals surface area contributed by atoms with Crippen LogP contribution >= 0.6 is 0 Å². The number of aromatic nitrogens is 8. The van der Waals surface area contributed by atoms with Crippen molar-refractivity contribution in [1.82, 2.24) is 40.6 Å². The summed E-state index contributed by atoms with van der Waals surface area (Å²) in [6.45, 7) is 0. The van der Waals surface area contributed by atoms with Crippen molar-refractivity contribution in [3.63, 3.8) is 0 Å². The van der Waals surface area contributed by atoms with E-state index in [1.54, 1.807) is 0 Å². The van der Waals surface area contributed by atoms with Gasteiger partial charge in [-0.25, -0.2) is 0 Å². The number of aromatic hydroxyl groups is 2. The first kappa shape index (κ1) is 39.3. The van der Waals surface area contributed by atoms with Gasteiger partial charge >= 0.3 is 39.8 Å². The normalized spacial score (nSPS) is 9.36. The van der Waals surface area contributed by atoms with E-state index in [0.29, 0.717) is 0 Å². The molecule has 4 rings (SSSR count). The molecule has 4 aromatic rings. The van der Waals surface area contributed by atoms with Gasteiger partial charge in [0.2, 0.25) is 0 Å². The molecule has 6 N–H and O–H groups in total. The van der Waals surface area contributed by atoms with Crippen molar-refractivity contribution in [2.45, 2.75) is 0 Å². The molecular formula is C14H10CuN16O16. The fourth-order valence-corrected chi connectivity index (χ4v) is 2.45. The molecule has 47 heavy (non-hydrogen) atoms. The summed E-state index contributed by atoms with van der Waals surface area (Å²) in [4.78, 5) is 56.3. The van der Waals surface area contributed by atoms with E-state index in [2.05, 4.69) is 31.1 Å². The number of hydrogen-bond donors (Lipinski definition) is 4. The summed E-state index contributed by atoms with van der Waals surface area (Å²) in [6, 6.07) is 0.343. The van der Waals surface area contributed by atoms with Crippen LogP contribution in [0.25, 0.3) is 0 Å². The first-order chi connectivity index (χ1) is 21.3. The van der Waals surface area contributed by atoms with E-state index in [1.165, 1.54) is 12.7 Å². The first-order valence-corrected chi connectivity index (χ1v) is 10.3. The summed E-state index contributed by atoms with van der Waals surface area (Å²) in [6.07, 6.45) is 2.61. The Morgan fingerprint density at radius 2 is 0.830 bits per heavy atom. The molecule has 0 saturated heterocycles. The van der Waals surface area contributed by atoms with Crippen molar-refractivity contribution in [3.05, 3.63) is 85.5 Å². The van der Waals surface area contributed by atoms with Gasteiger partial charge in [-0.05, 0) is 20.9 Å². The minimum absolute atomic E-state index is 0. The van der Waals surface area contributed by atoms with E-state index < -0.39 is 86.7 Å². The number of nitro groups is 6. The van der Waals surface area contributed by atoms with Gasteiger partial charge < -0.3 is 32.1 Å². The standard InChI is InChI=1S/2C6H3N3O8.2CH3N5.Cu/c2*10-5-2(7(12)13)1-3(8(14)15)6(11)4(5)9(16)17;2*2-6-1-3-4-5-6;/h2*1,10-11H;2*1H,2H2;/q;;;;+2/p-2. The molecule has 32 nitrogen and oxygen atoms in total. The number of phenolic OH excluding ortho intramolecular Hbond substituents is 2. The van der Waals surface area contributed by atoms with Gasteiger partial charge in [-0.1, -0.05) is 0 Å². The summed E-state index contributed by atoms with van der Waals surface area (Å²) < 4.78 is 0. The van der Waals surface area contributed by atoms with Crippen LogP contribution in [-0.2, 0) is 17.1 Å². The number of nitrogen functional groups attached to an aromatic ring is 2. The molecule has 0 unspecified atom stereocenters. The third kappa shape index (κ3) is 10.2. The molecule has 2 aromatic carbocycles. The zero-order valence-corrected chi connectivity index (χ0v) is 22.6.